The van der Waals surface area contributed by atoms with Gasteiger partial charge in [-0.15, -0.1) is 0 Å². The van der Waals surface area contributed by atoms with E-state index >= 15 is 0 Å². The van der Waals surface area contributed by atoms with Crippen molar-refractivity contribution in [1.29, 1.82) is 0 Å². The first-order chi connectivity index (χ1) is 11.0. The van der Waals surface area contributed by atoms with E-state index in [-0.39, 0.29) is 11.4 Å². The molecule has 3 rings (SSSR count). The Morgan fingerprint density at radius 2 is 2.09 bits per heavy atom. The number of amides is 1. The number of nitrogens with one attached hydrogen (secondary N) is 1. The topological polar surface area (TPSA) is 71.3 Å². The lowest BCUT2D eigenvalue weighted by Crippen LogP contribution is -2.44. The lowest BCUT2D eigenvalue weighted by atomic mass is 9.98. The molecule has 1 aliphatic rings. The van der Waals surface area contributed by atoms with Gasteiger partial charge in [-0.05, 0) is 19.4 Å². The largest absolute Gasteiger partial charge is 0.355 e. The van der Waals surface area contributed by atoms with Crippen LogP contribution in [0.25, 0.3) is 0 Å². The minimum atomic E-state index is -0.228. The molecule has 122 valence electrons. The van der Waals surface area contributed by atoms with Gasteiger partial charge in [-0.1, -0.05) is 35.5 Å². The second-order valence-corrected chi connectivity index (χ2v) is 6.53. The van der Waals surface area contributed by atoms with E-state index in [4.69, 9.17) is 4.52 Å². The Morgan fingerprint density at radius 1 is 1.30 bits per heavy atom. The highest BCUT2D eigenvalue weighted by Crippen LogP contribution is 2.22. The average Bonchev–Trinajstić information content (AvgIpc) is 2.88. The quantitative estimate of drug-likeness (QED) is 0.931. The third kappa shape index (κ3) is 3.96. The predicted octanol–water partition coefficient (Wildman–Crippen LogP) is 1.76. The molecule has 6 nitrogen and oxygen atoms in total. The second kappa shape index (κ2) is 6.50. The maximum atomic E-state index is 11.7. The Morgan fingerprint density at radius 3 is 2.87 bits per heavy atom. The van der Waals surface area contributed by atoms with Gasteiger partial charge in [0.15, 0.2) is 5.82 Å². The fourth-order valence-electron chi connectivity index (χ4n) is 2.86. The number of hydrogen-bond donors (Lipinski definition) is 1. The van der Waals surface area contributed by atoms with Gasteiger partial charge >= 0.3 is 0 Å². The van der Waals surface area contributed by atoms with E-state index < -0.39 is 0 Å². The number of nitrogens with zero attached hydrogens (tertiary/aromatic N) is 3. The van der Waals surface area contributed by atoms with Gasteiger partial charge in [0, 0.05) is 31.5 Å². The number of rotatable bonds is 4. The van der Waals surface area contributed by atoms with Crippen LogP contribution in [-0.2, 0) is 17.8 Å². The molecule has 0 atom stereocenters. The van der Waals surface area contributed by atoms with E-state index in [2.05, 4.69) is 34.2 Å². The molecule has 0 aliphatic carbocycles. The number of hydrogen-bond acceptors (Lipinski definition) is 5. The lowest BCUT2D eigenvalue weighted by Gasteiger charge is -2.34. The van der Waals surface area contributed by atoms with Gasteiger partial charge in [0.1, 0.15) is 0 Å². The van der Waals surface area contributed by atoms with E-state index in [0.29, 0.717) is 37.6 Å². The van der Waals surface area contributed by atoms with Crippen molar-refractivity contribution in [3.8, 4) is 0 Å². The fraction of sp³-hybridized carbons (Fsp3) is 0.471. The molecule has 1 fully saturated rings. The second-order valence-electron chi connectivity index (χ2n) is 6.53. The molecule has 1 amide bonds. The molecular formula is C17H22N4O2. The highest BCUT2D eigenvalue weighted by Gasteiger charge is 2.32. The summed E-state index contributed by atoms with van der Waals surface area (Å²) in [5, 5.41) is 6.97. The van der Waals surface area contributed by atoms with Gasteiger partial charge in [-0.3, -0.25) is 9.69 Å². The predicted molar refractivity (Wildman–Crippen MR) is 85.7 cm³/mol. The summed E-state index contributed by atoms with van der Waals surface area (Å²) in [5.41, 5.74) is 0.930. The Kier molecular flexibility index (Phi) is 4.43. The molecule has 0 saturated carbocycles. The normalized spacial score (nSPS) is 18.4. The van der Waals surface area contributed by atoms with Gasteiger partial charge in [-0.25, -0.2) is 0 Å². The minimum absolute atomic E-state index is 0.0906. The summed E-state index contributed by atoms with van der Waals surface area (Å²) < 4.78 is 5.39. The van der Waals surface area contributed by atoms with Crippen molar-refractivity contribution in [2.75, 3.05) is 13.1 Å². The van der Waals surface area contributed by atoms with Gasteiger partial charge in [0.2, 0.25) is 11.8 Å². The van der Waals surface area contributed by atoms with Crippen molar-refractivity contribution in [1.82, 2.24) is 20.4 Å². The number of carbonyl (C=O) groups is 1. The molecule has 2 heterocycles. The van der Waals surface area contributed by atoms with E-state index in [1.165, 1.54) is 0 Å². The van der Waals surface area contributed by atoms with Crippen molar-refractivity contribution < 1.29 is 9.32 Å². The van der Waals surface area contributed by atoms with E-state index in [0.717, 1.165) is 12.1 Å². The molecule has 6 heteroatoms. The van der Waals surface area contributed by atoms with Crippen LogP contribution in [0.3, 0.4) is 0 Å². The standard InChI is InChI=1S/C17H22N4O2/c1-17(2)11-15(22)18-8-9-21(17)12-16-19-14(20-23-16)10-13-6-4-3-5-7-13/h3-7H,8-12H2,1-2H3,(H,18,22). The molecular weight excluding hydrogens is 292 g/mol. The molecule has 2 aromatic rings. The SMILES string of the molecule is CC1(C)CC(=O)NCCN1Cc1nc(Cc2ccccc2)no1. The molecule has 1 aromatic carbocycles. The van der Waals surface area contributed by atoms with Crippen molar-refractivity contribution in [2.24, 2.45) is 0 Å². The van der Waals surface area contributed by atoms with Gasteiger partial charge in [0.05, 0.1) is 6.54 Å². The van der Waals surface area contributed by atoms with Gasteiger partial charge in [-0.2, -0.15) is 4.98 Å². The van der Waals surface area contributed by atoms with Crippen LogP contribution in [0.2, 0.25) is 0 Å². The molecule has 1 saturated heterocycles. The van der Waals surface area contributed by atoms with Crippen LogP contribution in [0.15, 0.2) is 34.9 Å². The Hall–Kier alpha value is -2.21. The maximum absolute atomic E-state index is 11.7. The summed E-state index contributed by atoms with van der Waals surface area (Å²) in [6, 6.07) is 10.1. The van der Waals surface area contributed by atoms with E-state index in [9.17, 15) is 4.79 Å². The zero-order valence-corrected chi connectivity index (χ0v) is 13.6. The van der Waals surface area contributed by atoms with Crippen molar-refractivity contribution in [2.45, 2.75) is 38.8 Å². The summed E-state index contributed by atoms with van der Waals surface area (Å²) in [4.78, 5) is 18.4. The number of benzene rings is 1. The number of aromatic nitrogens is 2. The zero-order chi connectivity index (χ0) is 16.3. The first-order valence-electron chi connectivity index (χ1n) is 7.90. The molecule has 1 aliphatic heterocycles. The van der Waals surface area contributed by atoms with Crippen molar-refractivity contribution >= 4 is 5.91 Å². The summed E-state index contributed by atoms with van der Waals surface area (Å²) in [7, 11) is 0. The fourth-order valence-corrected chi connectivity index (χ4v) is 2.86. The van der Waals surface area contributed by atoms with E-state index in [1.54, 1.807) is 0 Å². The van der Waals surface area contributed by atoms with Gasteiger partial charge in [0.25, 0.3) is 0 Å². The Bertz CT molecular complexity index is 666. The van der Waals surface area contributed by atoms with Crippen LogP contribution < -0.4 is 5.32 Å². The van der Waals surface area contributed by atoms with Crippen LogP contribution in [0.4, 0.5) is 0 Å². The summed E-state index contributed by atoms with van der Waals surface area (Å²) in [6.07, 6.45) is 1.13. The van der Waals surface area contributed by atoms with Crippen LogP contribution in [0.5, 0.6) is 0 Å². The molecule has 0 radical (unpaired) electrons. The third-order valence-corrected chi connectivity index (χ3v) is 4.19. The van der Waals surface area contributed by atoms with Crippen molar-refractivity contribution in [3.63, 3.8) is 0 Å². The summed E-state index contributed by atoms with van der Waals surface area (Å²) in [5.74, 6) is 1.37. The first kappa shape index (κ1) is 15.7. The average molecular weight is 314 g/mol. The van der Waals surface area contributed by atoms with E-state index in [1.807, 2.05) is 30.3 Å². The van der Waals surface area contributed by atoms with Crippen LogP contribution in [0.1, 0.15) is 37.5 Å². The molecule has 1 N–H and O–H groups in total. The molecule has 0 spiro atoms. The molecule has 1 aromatic heterocycles. The minimum Gasteiger partial charge on any atom is -0.355 e. The highest BCUT2D eigenvalue weighted by atomic mass is 16.5. The monoisotopic (exact) mass is 314 g/mol. The third-order valence-electron chi connectivity index (χ3n) is 4.19. The van der Waals surface area contributed by atoms with Crippen LogP contribution in [-0.4, -0.2) is 39.6 Å². The Balaban J connectivity index is 1.67. The molecule has 0 bridgehead atoms. The Labute approximate surface area is 135 Å². The molecule has 0 unspecified atom stereocenters. The smallest absolute Gasteiger partial charge is 0.240 e. The maximum Gasteiger partial charge on any atom is 0.240 e. The molecule has 23 heavy (non-hydrogen) atoms. The highest BCUT2D eigenvalue weighted by molar-refractivity contribution is 5.77. The number of carbonyl (C=O) groups excluding carboxylic acids is 1. The van der Waals surface area contributed by atoms with Gasteiger partial charge < -0.3 is 9.84 Å². The lowest BCUT2D eigenvalue weighted by molar-refractivity contribution is -0.122. The first-order valence-corrected chi connectivity index (χ1v) is 7.90. The summed E-state index contributed by atoms with van der Waals surface area (Å²) in [6.45, 7) is 6.12. The van der Waals surface area contributed by atoms with Crippen LogP contribution in [0, 0.1) is 0 Å². The van der Waals surface area contributed by atoms with Crippen LogP contribution >= 0.6 is 0 Å². The van der Waals surface area contributed by atoms with Crippen molar-refractivity contribution in [3.05, 3.63) is 47.6 Å². The summed E-state index contributed by atoms with van der Waals surface area (Å²) >= 11 is 0. The zero-order valence-electron chi connectivity index (χ0n) is 13.6.